The number of pyridine rings is 1. The van der Waals surface area contributed by atoms with Crippen molar-refractivity contribution in [3.63, 3.8) is 0 Å². The molecule has 0 spiro atoms. The van der Waals surface area contributed by atoms with Gasteiger partial charge in [-0.05, 0) is 74.0 Å². The summed E-state index contributed by atoms with van der Waals surface area (Å²) in [7, 11) is 0. The second kappa shape index (κ2) is 13.1. The number of ether oxygens (including phenoxy) is 1. The predicted octanol–water partition coefficient (Wildman–Crippen LogP) is 6.38. The summed E-state index contributed by atoms with van der Waals surface area (Å²) < 4.78 is 5.79. The van der Waals surface area contributed by atoms with Gasteiger partial charge in [0.2, 0.25) is 11.8 Å². The molecule has 1 saturated carbocycles. The van der Waals surface area contributed by atoms with E-state index in [1.54, 1.807) is 12.1 Å². The van der Waals surface area contributed by atoms with Crippen molar-refractivity contribution < 1.29 is 9.53 Å². The number of carbonyl (C=O) groups is 1. The highest BCUT2D eigenvalue weighted by atomic mass is 16.5. The topological polar surface area (TPSA) is 68.5 Å². The maximum absolute atomic E-state index is 11.2. The molecule has 0 aliphatic heterocycles. The van der Waals surface area contributed by atoms with E-state index >= 15 is 0 Å². The molecule has 1 fully saturated rings. The van der Waals surface area contributed by atoms with E-state index in [-0.39, 0.29) is 0 Å². The molecule has 1 amide bonds. The summed E-state index contributed by atoms with van der Waals surface area (Å²) in [6.07, 6.45) is 12.0. The Labute approximate surface area is 209 Å². The lowest BCUT2D eigenvalue weighted by atomic mass is 10.0. The molecule has 2 N–H and O–H groups in total. The van der Waals surface area contributed by atoms with Crippen molar-refractivity contribution in [2.75, 3.05) is 13.1 Å². The van der Waals surface area contributed by atoms with Gasteiger partial charge in [-0.25, -0.2) is 4.98 Å². The van der Waals surface area contributed by atoms with Crippen LogP contribution in [0.1, 0.15) is 66.4 Å². The molecule has 3 aromatic rings. The van der Waals surface area contributed by atoms with Crippen LogP contribution in [0.3, 0.4) is 0 Å². The quantitative estimate of drug-likeness (QED) is 0.314. The van der Waals surface area contributed by atoms with Crippen molar-refractivity contribution in [1.29, 1.82) is 0 Å². The van der Waals surface area contributed by atoms with Crippen LogP contribution in [0.2, 0.25) is 0 Å². The van der Waals surface area contributed by atoms with Gasteiger partial charge >= 0.3 is 0 Å². The Morgan fingerprint density at radius 1 is 0.914 bits per heavy atom. The van der Waals surface area contributed by atoms with Gasteiger partial charge in [0.1, 0.15) is 5.75 Å². The third kappa shape index (κ3) is 8.22. The predicted molar refractivity (Wildman–Crippen MR) is 141 cm³/mol. The first kappa shape index (κ1) is 24.9. The summed E-state index contributed by atoms with van der Waals surface area (Å²) in [5.41, 5.74) is 8.33. The third-order valence-electron chi connectivity index (χ3n) is 6.92. The molecular formula is C30H37N3O2. The van der Waals surface area contributed by atoms with Gasteiger partial charge in [-0.15, -0.1) is 0 Å². The summed E-state index contributed by atoms with van der Waals surface area (Å²) in [4.78, 5) is 17.9. The maximum atomic E-state index is 11.2. The minimum Gasteiger partial charge on any atom is -0.439 e. The SMILES string of the molecule is NC(=O)c1ccc(Oc2ccc(CCCN(CCCC3CCCC3)Cc3ccccc3)cc2)nc1. The van der Waals surface area contributed by atoms with Crippen LogP contribution >= 0.6 is 0 Å². The van der Waals surface area contributed by atoms with Crippen molar-refractivity contribution >= 4 is 5.91 Å². The molecular weight excluding hydrogens is 434 g/mol. The molecule has 35 heavy (non-hydrogen) atoms. The zero-order valence-electron chi connectivity index (χ0n) is 20.6. The lowest BCUT2D eigenvalue weighted by molar-refractivity contribution is 0.1000. The van der Waals surface area contributed by atoms with Crippen molar-refractivity contribution in [3.8, 4) is 11.6 Å². The van der Waals surface area contributed by atoms with Gasteiger partial charge in [0, 0.05) is 18.8 Å². The zero-order chi connectivity index (χ0) is 24.3. The van der Waals surface area contributed by atoms with Gasteiger partial charge in [-0.1, -0.05) is 68.1 Å². The highest BCUT2D eigenvalue weighted by Gasteiger charge is 2.15. The molecule has 4 rings (SSSR count). The molecule has 5 nitrogen and oxygen atoms in total. The number of amides is 1. The second-order valence-corrected chi connectivity index (χ2v) is 9.65. The number of aryl methyl sites for hydroxylation is 1. The Morgan fingerprint density at radius 3 is 2.34 bits per heavy atom. The van der Waals surface area contributed by atoms with Crippen LogP contribution in [0.15, 0.2) is 72.9 Å². The number of rotatable bonds is 13. The van der Waals surface area contributed by atoms with Gasteiger partial charge in [0.25, 0.3) is 0 Å². The first-order valence-corrected chi connectivity index (χ1v) is 12.9. The average Bonchev–Trinajstić information content (AvgIpc) is 3.39. The smallest absolute Gasteiger partial charge is 0.250 e. The standard InChI is InChI=1S/C30H37N3O2/c31-30(34)27-16-19-29(32-22-27)35-28-17-14-25(15-18-28)13-7-21-33(23-26-10-2-1-3-11-26)20-6-12-24-8-4-5-9-24/h1-3,10-11,14-19,22,24H,4-9,12-13,20-21,23H2,(H2,31,34). The number of hydrogen-bond acceptors (Lipinski definition) is 4. The second-order valence-electron chi connectivity index (χ2n) is 9.65. The number of nitrogens with two attached hydrogens (primary N) is 1. The lowest BCUT2D eigenvalue weighted by Gasteiger charge is -2.23. The Hall–Kier alpha value is -3.18. The van der Waals surface area contributed by atoms with Crippen molar-refractivity contribution in [2.45, 2.75) is 57.9 Å². The minimum absolute atomic E-state index is 0.368. The number of nitrogens with zero attached hydrogens (tertiary/aromatic N) is 2. The fourth-order valence-electron chi connectivity index (χ4n) is 4.95. The fraction of sp³-hybridized carbons (Fsp3) is 0.400. The average molecular weight is 472 g/mol. The normalized spacial score (nSPS) is 13.9. The third-order valence-corrected chi connectivity index (χ3v) is 6.92. The Kier molecular flexibility index (Phi) is 9.30. The Morgan fingerprint density at radius 2 is 1.66 bits per heavy atom. The van der Waals surface area contributed by atoms with Gasteiger partial charge in [0.15, 0.2) is 0 Å². The number of carbonyl (C=O) groups excluding carboxylic acids is 1. The van der Waals surface area contributed by atoms with E-state index in [9.17, 15) is 4.79 Å². The molecule has 1 heterocycles. The first-order valence-electron chi connectivity index (χ1n) is 12.9. The molecule has 184 valence electrons. The van der Waals surface area contributed by atoms with Crippen LogP contribution in [0.25, 0.3) is 0 Å². The highest BCUT2D eigenvalue weighted by Crippen LogP contribution is 2.28. The summed E-state index contributed by atoms with van der Waals surface area (Å²) >= 11 is 0. The molecule has 0 saturated heterocycles. The monoisotopic (exact) mass is 471 g/mol. The van der Waals surface area contributed by atoms with Gasteiger partial charge < -0.3 is 10.5 Å². The molecule has 0 bridgehead atoms. The van der Waals surface area contributed by atoms with Crippen molar-refractivity contribution in [2.24, 2.45) is 11.7 Å². The molecule has 1 aliphatic rings. The minimum atomic E-state index is -0.496. The summed E-state index contributed by atoms with van der Waals surface area (Å²) in [5, 5.41) is 0. The molecule has 0 unspecified atom stereocenters. The van der Waals surface area contributed by atoms with Crippen LogP contribution in [-0.2, 0) is 13.0 Å². The van der Waals surface area contributed by atoms with E-state index in [0.29, 0.717) is 11.4 Å². The molecule has 5 heteroatoms. The molecule has 1 aliphatic carbocycles. The van der Waals surface area contributed by atoms with E-state index in [0.717, 1.165) is 37.6 Å². The number of aromatic nitrogens is 1. The van der Waals surface area contributed by atoms with E-state index in [1.807, 2.05) is 12.1 Å². The van der Waals surface area contributed by atoms with Crippen LogP contribution in [0.4, 0.5) is 0 Å². The van der Waals surface area contributed by atoms with E-state index in [4.69, 9.17) is 10.5 Å². The van der Waals surface area contributed by atoms with Crippen molar-refractivity contribution in [1.82, 2.24) is 9.88 Å². The van der Waals surface area contributed by atoms with E-state index in [2.05, 4.69) is 52.3 Å². The molecule has 0 radical (unpaired) electrons. The number of benzene rings is 2. The van der Waals surface area contributed by atoms with E-state index < -0.39 is 5.91 Å². The summed E-state index contributed by atoms with van der Waals surface area (Å²) in [5.74, 6) is 1.64. The van der Waals surface area contributed by atoms with Crippen molar-refractivity contribution in [3.05, 3.63) is 89.6 Å². The fourth-order valence-corrected chi connectivity index (χ4v) is 4.95. The number of hydrogen-bond donors (Lipinski definition) is 1. The largest absolute Gasteiger partial charge is 0.439 e. The van der Waals surface area contributed by atoms with Gasteiger partial charge in [0.05, 0.1) is 5.56 Å². The molecule has 1 aromatic heterocycles. The zero-order valence-corrected chi connectivity index (χ0v) is 20.6. The van der Waals surface area contributed by atoms with Gasteiger partial charge in [-0.3, -0.25) is 9.69 Å². The lowest BCUT2D eigenvalue weighted by Crippen LogP contribution is -2.26. The van der Waals surface area contributed by atoms with Gasteiger partial charge in [-0.2, -0.15) is 0 Å². The Balaban J connectivity index is 1.25. The molecule has 0 atom stereocenters. The first-order chi connectivity index (χ1) is 17.2. The highest BCUT2D eigenvalue weighted by molar-refractivity contribution is 5.92. The van der Waals surface area contributed by atoms with Crippen LogP contribution in [0, 0.1) is 5.92 Å². The Bertz CT molecular complexity index is 1030. The van der Waals surface area contributed by atoms with Crippen LogP contribution in [0.5, 0.6) is 11.6 Å². The van der Waals surface area contributed by atoms with Crippen LogP contribution < -0.4 is 10.5 Å². The number of primary amides is 1. The van der Waals surface area contributed by atoms with E-state index in [1.165, 1.54) is 62.4 Å². The maximum Gasteiger partial charge on any atom is 0.250 e. The summed E-state index contributed by atoms with van der Waals surface area (Å²) in [6.45, 7) is 3.31. The molecule has 2 aromatic carbocycles. The van der Waals surface area contributed by atoms with Crippen LogP contribution in [-0.4, -0.2) is 28.9 Å². The summed E-state index contributed by atoms with van der Waals surface area (Å²) in [6, 6.07) is 22.3.